The van der Waals surface area contributed by atoms with Crippen LogP contribution in [0.5, 0.6) is 5.75 Å². The molecule has 0 bridgehead atoms. The number of methoxy groups -OCH3 is 1. The second-order valence-corrected chi connectivity index (χ2v) is 4.62. The fraction of sp³-hybridized carbons (Fsp3) is 0.462. The average Bonchev–Trinajstić information content (AvgIpc) is 2.53. The number of ether oxygens (including phenoxy) is 2. The molecular formula is C13H18ClN3O5. The lowest BCUT2D eigenvalue weighted by Crippen LogP contribution is -2.48. The SMILES string of the molecule is COc1ccc(C(=O)N2CCOC(CN)C2)cc1[N+](=O)[O-].Cl. The van der Waals surface area contributed by atoms with Crippen molar-refractivity contribution in [2.24, 2.45) is 5.73 Å². The van der Waals surface area contributed by atoms with Gasteiger partial charge in [0.2, 0.25) is 0 Å². The Bertz CT molecular complexity index is 554. The number of nitrogens with two attached hydrogens (primary N) is 1. The molecule has 8 nitrogen and oxygen atoms in total. The number of hydrogen-bond acceptors (Lipinski definition) is 6. The van der Waals surface area contributed by atoms with Crippen molar-refractivity contribution in [3.05, 3.63) is 33.9 Å². The highest BCUT2D eigenvalue weighted by atomic mass is 35.5. The lowest BCUT2D eigenvalue weighted by molar-refractivity contribution is -0.385. The Hall–Kier alpha value is -1.90. The molecule has 0 aliphatic carbocycles. The number of benzene rings is 1. The van der Waals surface area contributed by atoms with Crippen molar-refractivity contribution in [1.82, 2.24) is 4.90 Å². The average molecular weight is 332 g/mol. The van der Waals surface area contributed by atoms with E-state index in [0.29, 0.717) is 26.2 Å². The zero-order chi connectivity index (χ0) is 15.4. The van der Waals surface area contributed by atoms with Gasteiger partial charge in [0.05, 0.1) is 24.7 Å². The van der Waals surface area contributed by atoms with Crippen molar-refractivity contribution in [1.29, 1.82) is 0 Å². The molecule has 0 radical (unpaired) electrons. The molecule has 2 rings (SSSR count). The number of hydrogen-bond donors (Lipinski definition) is 1. The Balaban J connectivity index is 0.00000242. The van der Waals surface area contributed by atoms with Crippen LogP contribution in [0.1, 0.15) is 10.4 Å². The van der Waals surface area contributed by atoms with E-state index >= 15 is 0 Å². The molecule has 1 heterocycles. The summed E-state index contributed by atoms with van der Waals surface area (Å²) in [5.74, 6) is -0.152. The summed E-state index contributed by atoms with van der Waals surface area (Å²) in [4.78, 5) is 24.4. The third-order valence-corrected chi connectivity index (χ3v) is 3.31. The lowest BCUT2D eigenvalue weighted by atomic mass is 10.1. The Morgan fingerprint density at radius 3 is 2.91 bits per heavy atom. The summed E-state index contributed by atoms with van der Waals surface area (Å²) < 4.78 is 10.3. The maximum Gasteiger partial charge on any atom is 0.311 e. The molecule has 1 aliphatic heterocycles. The van der Waals surface area contributed by atoms with Crippen molar-refractivity contribution in [3.8, 4) is 5.75 Å². The van der Waals surface area contributed by atoms with Crippen LogP contribution in [0, 0.1) is 10.1 Å². The molecule has 1 fully saturated rings. The number of nitrogens with zero attached hydrogens (tertiary/aromatic N) is 2. The molecule has 22 heavy (non-hydrogen) atoms. The van der Waals surface area contributed by atoms with Crippen LogP contribution in [-0.2, 0) is 4.74 Å². The van der Waals surface area contributed by atoms with Gasteiger partial charge < -0.3 is 20.1 Å². The number of morpholine rings is 1. The number of carbonyl (C=O) groups is 1. The van der Waals surface area contributed by atoms with E-state index < -0.39 is 4.92 Å². The maximum absolute atomic E-state index is 12.4. The van der Waals surface area contributed by atoms with Gasteiger partial charge in [0.15, 0.2) is 5.75 Å². The van der Waals surface area contributed by atoms with Crippen LogP contribution >= 0.6 is 12.4 Å². The summed E-state index contributed by atoms with van der Waals surface area (Å²) in [5.41, 5.74) is 5.56. The highest BCUT2D eigenvalue weighted by Gasteiger charge is 2.26. The van der Waals surface area contributed by atoms with Gasteiger partial charge in [-0.25, -0.2) is 0 Å². The largest absolute Gasteiger partial charge is 0.490 e. The van der Waals surface area contributed by atoms with E-state index in [4.69, 9.17) is 15.2 Å². The second-order valence-electron chi connectivity index (χ2n) is 4.62. The quantitative estimate of drug-likeness (QED) is 0.646. The Morgan fingerprint density at radius 1 is 1.59 bits per heavy atom. The minimum atomic E-state index is -0.572. The van der Waals surface area contributed by atoms with E-state index in [0.717, 1.165) is 0 Å². The molecule has 9 heteroatoms. The first-order valence-corrected chi connectivity index (χ1v) is 6.50. The predicted octanol–water partition coefficient (Wildman–Crippen LogP) is 0.825. The number of nitro benzene ring substituents is 1. The van der Waals surface area contributed by atoms with E-state index in [-0.39, 0.29) is 41.4 Å². The Kier molecular flexibility index (Phi) is 6.54. The topological polar surface area (TPSA) is 108 Å². The van der Waals surface area contributed by atoms with Gasteiger partial charge in [-0.1, -0.05) is 0 Å². The fourth-order valence-electron chi connectivity index (χ4n) is 2.19. The van der Waals surface area contributed by atoms with Crippen LogP contribution < -0.4 is 10.5 Å². The summed E-state index contributed by atoms with van der Waals surface area (Å²) in [7, 11) is 1.34. The minimum Gasteiger partial charge on any atom is -0.490 e. The predicted molar refractivity (Wildman–Crippen MR) is 81.6 cm³/mol. The molecule has 1 amide bonds. The molecule has 1 aliphatic rings. The number of rotatable bonds is 4. The zero-order valence-corrected chi connectivity index (χ0v) is 12.9. The van der Waals surface area contributed by atoms with Gasteiger partial charge >= 0.3 is 5.69 Å². The summed E-state index contributed by atoms with van der Waals surface area (Å²) in [6.07, 6.45) is -0.198. The van der Waals surface area contributed by atoms with Gasteiger partial charge in [-0.15, -0.1) is 12.4 Å². The molecule has 1 saturated heterocycles. The fourth-order valence-corrected chi connectivity index (χ4v) is 2.19. The second kappa shape index (κ2) is 7.92. The van der Waals surface area contributed by atoms with Gasteiger partial charge in [0.25, 0.3) is 5.91 Å². The third kappa shape index (κ3) is 3.85. The molecule has 1 aromatic carbocycles. The van der Waals surface area contributed by atoms with Crippen LogP contribution in [0.15, 0.2) is 18.2 Å². The van der Waals surface area contributed by atoms with Crippen molar-refractivity contribution in [2.75, 3.05) is 33.4 Å². The van der Waals surface area contributed by atoms with Crippen LogP contribution in [0.4, 0.5) is 5.69 Å². The van der Waals surface area contributed by atoms with E-state index in [2.05, 4.69) is 0 Å². The number of carbonyl (C=O) groups excluding carboxylic acids is 1. The number of halogens is 1. The van der Waals surface area contributed by atoms with E-state index in [1.807, 2.05) is 0 Å². The van der Waals surface area contributed by atoms with Crippen LogP contribution in [-0.4, -0.2) is 55.2 Å². The van der Waals surface area contributed by atoms with Gasteiger partial charge in [-0.05, 0) is 12.1 Å². The molecule has 0 spiro atoms. The van der Waals surface area contributed by atoms with Crippen molar-refractivity contribution >= 4 is 24.0 Å². The highest BCUT2D eigenvalue weighted by molar-refractivity contribution is 5.95. The molecule has 0 saturated carbocycles. The van der Waals surface area contributed by atoms with Crippen molar-refractivity contribution in [2.45, 2.75) is 6.10 Å². The Morgan fingerprint density at radius 2 is 2.32 bits per heavy atom. The van der Waals surface area contributed by atoms with Gasteiger partial charge in [-0.3, -0.25) is 14.9 Å². The summed E-state index contributed by atoms with van der Waals surface area (Å²) in [6, 6.07) is 4.17. The first-order valence-electron chi connectivity index (χ1n) is 6.50. The maximum atomic E-state index is 12.4. The molecule has 0 aromatic heterocycles. The Labute approximate surface area is 133 Å². The number of amides is 1. The number of nitro groups is 1. The minimum absolute atomic E-state index is 0. The molecular weight excluding hydrogens is 314 g/mol. The van der Waals surface area contributed by atoms with Crippen molar-refractivity contribution < 1.29 is 19.2 Å². The van der Waals surface area contributed by atoms with E-state index in [9.17, 15) is 14.9 Å². The monoisotopic (exact) mass is 331 g/mol. The highest BCUT2D eigenvalue weighted by Crippen LogP contribution is 2.28. The van der Waals surface area contributed by atoms with Gasteiger partial charge in [-0.2, -0.15) is 0 Å². The summed E-state index contributed by atoms with van der Waals surface area (Å²) in [6.45, 7) is 1.56. The van der Waals surface area contributed by atoms with E-state index in [1.54, 1.807) is 4.90 Å². The normalized spacial score (nSPS) is 17.5. The summed E-state index contributed by atoms with van der Waals surface area (Å²) in [5, 5.41) is 11.0. The van der Waals surface area contributed by atoms with Gasteiger partial charge in [0.1, 0.15) is 0 Å². The summed E-state index contributed by atoms with van der Waals surface area (Å²) >= 11 is 0. The molecule has 1 atom stereocenters. The van der Waals surface area contributed by atoms with Crippen molar-refractivity contribution in [3.63, 3.8) is 0 Å². The van der Waals surface area contributed by atoms with Crippen LogP contribution in [0.3, 0.4) is 0 Å². The molecule has 1 unspecified atom stereocenters. The van der Waals surface area contributed by atoms with Crippen LogP contribution in [0.2, 0.25) is 0 Å². The first-order chi connectivity index (χ1) is 10.1. The lowest BCUT2D eigenvalue weighted by Gasteiger charge is -2.32. The molecule has 2 N–H and O–H groups in total. The van der Waals surface area contributed by atoms with Gasteiger partial charge in [0, 0.05) is 31.3 Å². The third-order valence-electron chi connectivity index (χ3n) is 3.31. The van der Waals surface area contributed by atoms with E-state index in [1.165, 1.54) is 25.3 Å². The first kappa shape index (κ1) is 18.1. The zero-order valence-electron chi connectivity index (χ0n) is 12.1. The smallest absolute Gasteiger partial charge is 0.311 e. The van der Waals surface area contributed by atoms with Crippen LogP contribution in [0.25, 0.3) is 0 Å². The molecule has 1 aromatic rings. The molecule has 122 valence electrons. The standard InChI is InChI=1S/C13H17N3O5.ClH/c1-20-12-3-2-9(6-11(12)16(18)19)13(17)15-4-5-21-10(7-14)8-15;/h2-3,6,10H,4-5,7-8,14H2,1H3;1H.